The first-order valence-electron chi connectivity index (χ1n) is 9.51. The van der Waals surface area contributed by atoms with Gasteiger partial charge in [-0.2, -0.15) is 0 Å². The third-order valence-electron chi connectivity index (χ3n) is 5.21. The van der Waals surface area contributed by atoms with Gasteiger partial charge in [0.05, 0.1) is 12.6 Å². The average Bonchev–Trinajstić information content (AvgIpc) is 3.36. The standard InChI is InChI=1S/C22H22N4O/c1-4-15-12-17(26-22-21-16(13-25-22)5-2-10-23-21)8-9-19(15)20(7-1)24-14-18-6-3-11-27-18/h1-2,4-5,7-10,12,18,24H,3,6,11,13-14H2,(H,25,26)/t18-/m0/s1. The quantitative estimate of drug-likeness (QED) is 0.734. The largest absolute Gasteiger partial charge is 0.382 e. The van der Waals surface area contributed by atoms with Crippen molar-refractivity contribution in [3.63, 3.8) is 0 Å². The van der Waals surface area contributed by atoms with Gasteiger partial charge in [0.1, 0.15) is 5.69 Å². The smallest absolute Gasteiger partial charge is 0.152 e. The van der Waals surface area contributed by atoms with Gasteiger partial charge >= 0.3 is 0 Å². The fourth-order valence-electron chi connectivity index (χ4n) is 3.80. The summed E-state index contributed by atoms with van der Waals surface area (Å²) in [7, 11) is 0. The number of hydrogen-bond donors (Lipinski definition) is 2. The van der Waals surface area contributed by atoms with Gasteiger partial charge in [0, 0.05) is 41.7 Å². The van der Waals surface area contributed by atoms with E-state index in [1.54, 1.807) is 0 Å². The molecule has 5 rings (SSSR count). The van der Waals surface area contributed by atoms with Crippen molar-refractivity contribution < 1.29 is 4.74 Å². The van der Waals surface area contributed by atoms with Gasteiger partial charge in [-0.15, -0.1) is 0 Å². The SMILES string of the molecule is c1cnc2c(c1)CN=C2Nc1ccc2c(NC[C@@H]3CCCO3)cccc2c1. The zero-order chi connectivity index (χ0) is 18.1. The molecule has 0 unspecified atom stereocenters. The van der Waals surface area contributed by atoms with E-state index in [0.717, 1.165) is 42.5 Å². The maximum absolute atomic E-state index is 5.72. The van der Waals surface area contributed by atoms with Gasteiger partial charge in [-0.1, -0.05) is 24.3 Å². The van der Waals surface area contributed by atoms with E-state index in [4.69, 9.17) is 4.74 Å². The Morgan fingerprint density at radius 1 is 1.11 bits per heavy atom. The molecule has 0 radical (unpaired) electrons. The van der Waals surface area contributed by atoms with Crippen molar-refractivity contribution in [1.29, 1.82) is 0 Å². The number of aliphatic imine (C=N–C) groups is 1. The second-order valence-electron chi connectivity index (χ2n) is 7.06. The van der Waals surface area contributed by atoms with Gasteiger partial charge < -0.3 is 15.4 Å². The highest BCUT2D eigenvalue weighted by Gasteiger charge is 2.17. The summed E-state index contributed by atoms with van der Waals surface area (Å²) in [6.45, 7) is 2.44. The molecule has 3 aromatic rings. The lowest BCUT2D eigenvalue weighted by atomic mass is 10.1. The fourth-order valence-corrected chi connectivity index (χ4v) is 3.80. The van der Waals surface area contributed by atoms with Crippen LogP contribution in [-0.2, 0) is 11.3 Å². The Kier molecular flexibility index (Phi) is 4.22. The van der Waals surface area contributed by atoms with Crippen LogP contribution in [0.25, 0.3) is 10.8 Å². The van der Waals surface area contributed by atoms with Crippen LogP contribution in [0.2, 0.25) is 0 Å². The minimum atomic E-state index is 0.328. The van der Waals surface area contributed by atoms with Crippen LogP contribution in [-0.4, -0.2) is 30.1 Å². The summed E-state index contributed by atoms with van der Waals surface area (Å²) in [4.78, 5) is 9.05. The van der Waals surface area contributed by atoms with Gasteiger partial charge in [-0.25, -0.2) is 0 Å². The Balaban J connectivity index is 1.36. The summed E-state index contributed by atoms with van der Waals surface area (Å²) in [5.74, 6) is 0.845. The summed E-state index contributed by atoms with van der Waals surface area (Å²) >= 11 is 0. The molecule has 2 aliphatic heterocycles. The number of fused-ring (bicyclic) bond motifs is 2. The number of nitrogens with zero attached hydrogens (tertiary/aromatic N) is 2. The Bertz CT molecular complexity index is 1010. The molecule has 2 aromatic carbocycles. The molecule has 5 heteroatoms. The van der Waals surface area contributed by atoms with Crippen LogP contribution in [0.3, 0.4) is 0 Å². The number of pyridine rings is 1. The molecule has 0 saturated carbocycles. The van der Waals surface area contributed by atoms with Crippen LogP contribution in [0.4, 0.5) is 11.4 Å². The molecule has 1 saturated heterocycles. The average molecular weight is 358 g/mol. The number of aromatic nitrogens is 1. The highest BCUT2D eigenvalue weighted by molar-refractivity contribution is 6.10. The zero-order valence-corrected chi connectivity index (χ0v) is 15.1. The molecule has 0 amide bonds. The van der Waals surface area contributed by atoms with Crippen molar-refractivity contribution in [2.45, 2.75) is 25.5 Å². The van der Waals surface area contributed by atoms with E-state index in [-0.39, 0.29) is 0 Å². The van der Waals surface area contributed by atoms with Crippen molar-refractivity contribution >= 4 is 28.0 Å². The Morgan fingerprint density at radius 2 is 2.11 bits per heavy atom. The minimum absolute atomic E-state index is 0.328. The Morgan fingerprint density at radius 3 is 3.04 bits per heavy atom. The molecule has 136 valence electrons. The molecule has 0 aliphatic carbocycles. The van der Waals surface area contributed by atoms with Crippen LogP contribution >= 0.6 is 0 Å². The minimum Gasteiger partial charge on any atom is -0.382 e. The number of amidine groups is 1. The van der Waals surface area contributed by atoms with Gasteiger partial charge in [0.25, 0.3) is 0 Å². The normalized spacial score (nSPS) is 18.4. The first-order chi connectivity index (χ1) is 13.4. The van der Waals surface area contributed by atoms with Crippen molar-refractivity contribution in [3.05, 3.63) is 66.0 Å². The number of benzene rings is 2. The molecule has 1 fully saturated rings. The molecule has 1 atom stereocenters. The molecule has 3 heterocycles. The number of ether oxygens (including phenoxy) is 1. The zero-order valence-electron chi connectivity index (χ0n) is 15.1. The van der Waals surface area contributed by atoms with E-state index in [2.05, 4.69) is 63.1 Å². The van der Waals surface area contributed by atoms with Gasteiger partial charge in [0.2, 0.25) is 0 Å². The molecule has 1 aromatic heterocycles. The Labute approximate surface area is 158 Å². The van der Waals surface area contributed by atoms with Crippen LogP contribution < -0.4 is 10.6 Å². The molecule has 2 aliphatic rings. The number of anilines is 2. The predicted octanol–water partition coefficient (Wildman–Crippen LogP) is 4.20. The molecular formula is C22H22N4O. The molecule has 5 nitrogen and oxygen atoms in total. The van der Waals surface area contributed by atoms with E-state index < -0.39 is 0 Å². The number of rotatable bonds is 4. The molecule has 0 spiro atoms. The lowest BCUT2D eigenvalue weighted by Gasteiger charge is -2.14. The second kappa shape index (κ2) is 7.00. The molecule has 0 bridgehead atoms. The van der Waals surface area contributed by atoms with E-state index in [1.165, 1.54) is 22.8 Å². The van der Waals surface area contributed by atoms with Crippen molar-refractivity contribution in [2.24, 2.45) is 4.99 Å². The summed E-state index contributed by atoms with van der Waals surface area (Å²) < 4.78 is 5.72. The fraction of sp³-hybridized carbons (Fsp3) is 0.273. The second-order valence-corrected chi connectivity index (χ2v) is 7.06. The third kappa shape index (κ3) is 3.26. The van der Waals surface area contributed by atoms with E-state index in [9.17, 15) is 0 Å². The van der Waals surface area contributed by atoms with Crippen LogP contribution in [0.1, 0.15) is 24.1 Å². The van der Waals surface area contributed by atoms with Crippen LogP contribution in [0.5, 0.6) is 0 Å². The molecular weight excluding hydrogens is 336 g/mol. The van der Waals surface area contributed by atoms with Crippen LogP contribution in [0, 0.1) is 0 Å². The summed E-state index contributed by atoms with van der Waals surface area (Å²) in [6.07, 6.45) is 4.45. The molecule has 27 heavy (non-hydrogen) atoms. The number of nitrogens with one attached hydrogen (secondary N) is 2. The maximum atomic E-state index is 5.72. The van der Waals surface area contributed by atoms with Crippen molar-refractivity contribution in [3.8, 4) is 0 Å². The lowest BCUT2D eigenvalue weighted by molar-refractivity contribution is 0.120. The Hall–Kier alpha value is -2.92. The topological polar surface area (TPSA) is 58.5 Å². The first kappa shape index (κ1) is 16.3. The third-order valence-corrected chi connectivity index (χ3v) is 5.21. The predicted molar refractivity (Wildman–Crippen MR) is 110 cm³/mol. The monoisotopic (exact) mass is 358 g/mol. The van der Waals surface area contributed by atoms with Gasteiger partial charge in [-0.3, -0.25) is 9.98 Å². The van der Waals surface area contributed by atoms with Crippen molar-refractivity contribution in [1.82, 2.24) is 4.98 Å². The highest BCUT2D eigenvalue weighted by Crippen LogP contribution is 2.27. The summed E-state index contributed by atoms with van der Waals surface area (Å²) in [6, 6.07) is 16.8. The summed E-state index contributed by atoms with van der Waals surface area (Å²) in [5.41, 5.74) is 4.29. The number of hydrogen-bond acceptors (Lipinski definition) is 5. The lowest BCUT2D eigenvalue weighted by Crippen LogP contribution is -2.18. The maximum Gasteiger partial charge on any atom is 0.152 e. The highest BCUT2D eigenvalue weighted by atomic mass is 16.5. The van der Waals surface area contributed by atoms with Crippen LogP contribution in [0.15, 0.2) is 59.7 Å². The first-order valence-corrected chi connectivity index (χ1v) is 9.51. The molecule has 2 N–H and O–H groups in total. The van der Waals surface area contributed by atoms with E-state index >= 15 is 0 Å². The van der Waals surface area contributed by atoms with Crippen molar-refractivity contribution in [2.75, 3.05) is 23.8 Å². The van der Waals surface area contributed by atoms with Gasteiger partial charge in [-0.05, 0) is 42.5 Å². The van der Waals surface area contributed by atoms with E-state index in [1.807, 2.05) is 12.3 Å². The van der Waals surface area contributed by atoms with E-state index in [0.29, 0.717) is 12.6 Å². The van der Waals surface area contributed by atoms with Gasteiger partial charge in [0.15, 0.2) is 5.84 Å². The summed E-state index contributed by atoms with van der Waals surface area (Å²) in [5, 5.41) is 9.40.